The van der Waals surface area contributed by atoms with E-state index in [1.807, 2.05) is 39.8 Å². The van der Waals surface area contributed by atoms with Crippen LogP contribution in [0.4, 0.5) is 0 Å². The predicted octanol–water partition coefficient (Wildman–Crippen LogP) is 3.82. The van der Waals surface area contributed by atoms with Gasteiger partial charge in [0.05, 0.1) is 30.5 Å². The van der Waals surface area contributed by atoms with Crippen LogP contribution in [0.2, 0.25) is 0 Å². The van der Waals surface area contributed by atoms with Gasteiger partial charge in [-0.15, -0.1) is 0 Å². The number of carbonyl (C=O) groups excluding carboxylic acids is 4. The maximum absolute atomic E-state index is 14.2. The third-order valence-electron chi connectivity index (χ3n) is 12.6. The number of carbonyl (C=O) groups is 4. The van der Waals surface area contributed by atoms with E-state index in [1.165, 1.54) is 7.11 Å². The minimum Gasteiger partial charge on any atom is -0.456 e. The summed E-state index contributed by atoms with van der Waals surface area (Å²) in [6.07, 6.45) is 2.46. The molecule has 4 N–H and O–H groups in total. The SMILES string of the molecule is CC[C@@H]1C=C(C)C[C@H](C)CC(OC)[C@@H](O)[C@@H]2C[C@@H](C)[C@@](O)(O2)C(=O)C(=O)N2CCCC[C@H]2C(=O)OC(C(C)=C[C@@H]2CCC(O)C(OC)C2)[C@H](C)[C@@H](O)CC1=O. The van der Waals surface area contributed by atoms with E-state index in [2.05, 4.69) is 0 Å². The van der Waals surface area contributed by atoms with E-state index >= 15 is 0 Å². The first-order valence-corrected chi connectivity index (χ1v) is 20.4. The van der Waals surface area contributed by atoms with Crippen LogP contribution in [-0.2, 0) is 38.1 Å². The van der Waals surface area contributed by atoms with Crippen molar-refractivity contribution in [1.29, 1.82) is 0 Å². The van der Waals surface area contributed by atoms with Crippen molar-refractivity contribution >= 4 is 23.4 Å². The van der Waals surface area contributed by atoms with E-state index in [-0.39, 0.29) is 49.5 Å². The Morgan fingerprint density at radius 1 is 0.945 bits per heavy atom. The molecule has 0 aromatic carbocycles. The van der Waals surface area contributed by atoms with Gasteiger partial charge in [-0.2, -0.15) is 0 Å². The molecular weight excluding hydrogens is 710 g/mol. The Hall–Kier alpha value is -2.52. The van der Waals surface area contributed by atoms with Gasteiger partial charge in [-0.3, -0.25) is 14.4 Å². The first-order valence-electron chi connectivity index (χ1n) is 20.4. The number of allylic oxidation sites excluding steroid dienone is 3. The lowest BCUT2D eigenvalue weighted by Crippen LogP contribution is -2.57. The van der Waals surface area contributed by atoms with Crippen molar-refractivity contribution < 1.29 is 58.6 Å². The predicted molar refractivity (Wildman–Crippen MR) is 203 cm³/mol. The monoisotopic (exact) mass is 777 g/mol. The highest BCUT2D eigenvalue weighted by molar-refractivity contribution is 6.39. The third kappa shape index (κ3) is 10.7. The van der Waals surface area contributed by atoms with Crippen molar-refractivity contribution in [3.63, 3.8) is 0 Å². The summed E-state index contributed by atoms with van der Waals surface area (Å²) in [7, 11) is 3.03. The Balaban J connectivity index is 1.73. The molecule has 13 nitrogen and oxygen atoms in total. The lowest BCUT2D eigenvalue weighted by atomic mass is 9.81. The lowest BCUT2D eigenvalue weighted by Gasteiger charge is -2.38. The lowest BCUT2D eigenvalue weighted by molar-refractivity contribution is -0.225. The number of amides is 1. The van der Waals surface area contributed by atoms with E-state index in [4.69, 9.17) is 18.9 Å². The van der Waals surface area contributed by atoms with Gasteiger partial charge in [-0.1, -0.05) is 45.4 Å². The highest BCUT2D eigenvalue weighted by Crippen LogP contribution is 2.39. The molecule has 1 aliphatic carbocycles. The maximum atomic E-state index is 14.2. The first-order chi connectivity index (χ1) is 25.9. The molecule has 312 valence electrons. The van der Waals surface area contributed by atoms with Crippen LogP contribution in [0, 0.1) is 29.6 Å². The molecule has 0 spiro atoms. The van der Waals surface area contributed by atoms with Gasteiger partial charge >= 0.3 is 5.97 Å². The number of aliphatic hydroxyl groups excluding tert-OH is 3. The second-order valence-electron chi connectivity index (χ2n) is 16.9. The number of ether oxygens (including phenoxy) is 4. The van der Waals surface area contributed by atoms with Crippen LogP contribution in [0.5, 0.6) is 0 Å². The molecule has 0 aromatic rings. The number of Topliss-reactive ketones (excluding diaryl/α,β-unsaturated/α-hetero) is 2. The highest BCUT2D eigenvalue weighted by Gasteiger charge is 2.57. The summed E-state index contributed by atoms with van der Waals surface area (Å²) in [6, 6.07) is -1.15. The summed E-state index contributed by atoms with van der Waals surface area (Å²) < 4.78 is 23.3. The summed E-state index contributed by atoms with van der Waals surface area (Å²) in [5.74, 6) is -7.73. The molecule has 3 heterocycles. The molecule has 55 heavy (non-hydrogen) atoms. The number of esters is 1. The van der Waals surface area contributed by atoms with Crippen molar-refractivity contribution in [1.82, 2.24) is 4.90 Å². The van der Waals surface area contributed by atoms with Gasteiger partial charge in [0, 0.05) is 44.9 Å². The second kappa shape index (κ2) is 19.8. The number of fused-ring (bicyclic) bond motifs is 3. The Labute approximate surface area is 326 Å². The molecule has 13 heteroatoms. The quantitative estimate of drug-likeness (QED) is 0.180. The molecular formula is C42H67NO12. The number of rotatable bonds is 5. The fourth-order valence-corrected chi connectivity index (χ4v) is 9.17. The minimum absolute atomic E-state index is 0.00613. The third-order valence-corrected chi connectivity index (χ3v) is 12.6. The number of aliphatic hydroxyl groups is 4. The van der Waals surface area contributed by atoms with Crippen LogP contribution >= 0.6 is 0 Å². The normalized spacial score (nSPS) is 41.2. The Morgan fingerprint density at radius 2 is 1.64 bits per heavy atom. The average Bonchev–Trinajstić information content (AvgIpc) is 3.47. The zero-order chi connectivity index (χ0) is 40.8. The van der Waals surface area contributed by atoms with Crippen LogP contribution in [-0.4, -0.2) is 124 Å². The van der Waals surface area contributed by atoms with Gasteiger partial charge in [0.15, 0.2) is 0 Å². The Kier molecular flexibility index (Phi) is 16.2. The molecule has 4 unspecified atom stereocenters. The fraction of sp³-hybridized carbons (Fsp3) is 0.810. The van der Waals surface area contributed by atoms with E-state index in [1.54, 1.807) is 21.0 Å². The molecule has 14 atom stereocenters. The number of hydrogen-bond donors (Lipinski definition) is 4. The van der Waals surface area contributed by atoms with Gasteiger partial charge in [0.1, 0.15) is 24.0 Å². The van der Waals surface area contributed by atoms with Gasteiger partial charge in [0.25, 0.3) is 11.7 Å². The van der Waals surface area contributed by atoms with Crippen molar-refractivity contribution in [2.45, 2.75) is 167 Å². The second-order valence-corrected chi connectivity index (χ2v) is 16.9. The largest absolute Gasteiger partial charge is 0.456 e. The molecule has 1 saturated carbocycles. The summed E-state index contributed by atoms with van der Waals surface area (Å²) in [6.45, 7) is 11.1. The van der Waals surface area contributed by atoms with Crippen molar-refractivity contribution in [2.75, 3.05) is 20.8 Å². The van der Waals surface area contributed by atoms with Crippen LogP contribution < -0.4 is 0 Å². The van der Waals surface area contributed by atoms with Crippen LogP contribution in [0.15, 0.2) is 23.3 Å². The number of nitrogens with zero attached hydrogens (tertiary/aromatic N) is 1. The highest BCUT2D eigenvalue weighted by atomic mass is 16.7. The first kappa shape index (κ1) is 45.2. The number of methoxy groups -OCH3 is 2. The molecule has 3 aliphatic heterocycles. The molecule has 4 rings (SSSR count). The fourth-order valence-electron chi connectivity index (χ4n) is 9.17. The van der Waals surface area contributed by atoms with E-state index < -0.39 is 83.9 Å². The van der Waals surface area contributed by atoms with Crippen molar-refractivity contribution in [2.24, 2.45) is 29.6 Å². The van der Waals surface area contributed by atoms with E-state index in [9.17, 15) is 39.6 Å². The van der Waals surface area contributed by atoms with Crippen molar-refractivity contribution in [3.8, 4) is 0 Å². The van der Waals surface area contributed by atoms with Gasteiger partial charge < -0.3 is 44.3 Å². The van der Waals surface area contributed by atoms with Gasteiger partial charge in [-0.25, -0.2) is 4.79 Å². The Morgan fingerprint density at radius 3 is 2.29 bits per heavy atom. The zero-order valence-corrected chi connectivity index (χ0v) is 34.1. The maximum Gasteiger partial charge on any atom is 0.329 e. The summed E-state index contributed by atoms with van der Waals surface area (Å²) >= 11 is 0. The number of cyclic esters (lactones) is 1. The molecule has 2 saturated heterocycles. The zero-order valence-electron chi connectivity index (χ0n) is 34.1. The molecule has 2 bridgehead atoms. The van der Waals surface area contributed by atoms with E-state index in [0.29, 0.717) is 56.9 Å². The Bertz CT molecular complexity index is 1410. The standard InChI is InChI=1S/C42H67NO12/c1-9-29-17-23(2)16-24(3)18-35(53-8)37(47)36-20-26(5)42(51,55-36)39(48)40(49)43-15-11-10-12-30(43)41(50)54-38(27(6)32(45)22-33(29)46)25(4)19-28-13-14-31(44)34(21-28)52-7/h17,19,24,26-32,34-38,44-45,47,51H,9-16,18,20-22H2,1-8H3/t24-,26+,27+,28-,29+,30-,31?,32-,34?,35?,36-,37+,38?,42+/m0/s1. The smallest absolute Gasteiger partial charge is 0.329 e. The van der Waals surface area contributed by atoms with E-state index in [0.717, 1.165) is 10.5 Å². The van der Waals surface area contributed by atoms with Gasteiger partial charge in [-0.05, 0) is 95.5 Å². The summed E-state index contributed by atoms with van der Waals surface area (Å²) in [5, 5.41) is 45.1. The summed E-state index contributed by atoms with van der Waals surface area (Å²) in [4.78, 5) is 56.9. The summed E-state index contributed by atoms with van der Waals surface area (Å²) in [5.41, 5.74) is 1.63. The molecule has 1 amide bonds. The number of ketones is 2. The molecule has 0 radical (unpaired) electrons. The minimum atomic E-state index is -2.52. The number of hydrogen-bond acceptors (Lipinski definition) is 12. The van der Waals surface area contributed by atoms with Crippen LogP contribution in [0.25, 0.3) is 0 Å². The van der Waals surface area contributed by atoms with Crippen LogP contribution in [0.3, 0.4) is 0 Å². The average molecular weight is 778 g/mol. The number of piperidine rings is 1. The van der Waals surface area contributed by atoms with Crippen molar-refractivity contribution in [3.05, 3.63) is 23.3 Å². The topological polar surface area (TPSA) is 189 Å². The molecule has 4 aliphatic rings. The van der Waals surface area contributed by atoms with Crippen LogP contribution in [0.1, 0.15) is 112 Å². The van der Waals surface area contributed by atoms with Gasteiger partial charge in [0.2, 0.25) is 5.79 Å². The molecule has 0 aromatic heterocycles. The molecule has 3 fully saturated rings.